The molecule has 0 aromatic heterocycles. The predicted molar refractivity (Wildman–Crippen MR) is 90.2 cm³/mol. The predicted octanol–water partition coefficient (Wildman–Crippen LogP) is 5.46. The molecule has 0 aliphatic heterocycles. The average molecular weight is 304 g/mol. The third kappa shape index (κ3) is 134. The van der Waals surface area contributed by atoms with E-state index in [2.05, 4.69) is 25.2 Å². The van der Waals surface area contributed by atoms with E-state index in [1.54, 1.807) is 0 Å². The molecule has 0 unspecified atom stereocenters. The molecule has 1 radical (unpaired) electrons. The molecule has 0 heterocycles. The van der Waals surface area contributed by atoms with Crippen molar-refractivity contribution < 1.29 is 21.7 Å². The fourth-order valence-electron chi connectivity index (χ4n) is 0.340. The minimum atomic E-state index is -0.250. The van der Waals surface area contributed by atoms with Crippen LogP contribution in [-0.4, -0.2) is 15.1 Å². The van der Waals surface area contributed by atoms with Gasteiger partial charge in [-0.05, 0) is 0 Å². The van der Waals surface area contributed by atoms with Crippen molar-refractivity contribution in [2.24, 2.45) is 0 Å². The molecule has 0 aromatic carbocycles. The molecule has 1 aliphatic carbocycles. The van der Waals surface area contributed by atoms with Crippen molar-refractivity contribution in [2.45, 2.75) is 45.8 Å². The Labute approximate surface area is 136 Å². The number of rotatable bonds is 0. The molecule has 0 amide bonds. The summed E-state index contributed by atoms with van der Waals surface area (Å²) in [6, 6.07) is 0. The van der Waals surface area contributed by atoms with Gasteiger partial charge in [0.25, 0.3) is 0 Å². The summed E-state index contributed by atoms with van der Waals surface area (Å²) in [5.41, 5.74) is 6.69. The molecule has 18 heavy (non-hydrogen) atoms. The third-order valence-electron chi connectivity index (χ3n) is 0.586. The van der Waals surface area contributed by atoms with Crippen molar-refractivity contribution in [3.63, 3.8) is 0 Å². The van der Waals surface area contributed by atoms with E-state index >= 15 is 0 Å². The van der Waals surface area contributed by atoms with Gasteiger partial charge in [-0.15, -0.1) is 12.0 Å². The molecule has 0 bridgehead atoms. The van der Waals surface area contributed by atoms with Crippen LogP contribution in [0.2, 0.25) is 13.1 Å². The normalized spacial score (nSPS) is 9.22. The minimum absolute atomic E-state index is 0. The van der Waals surface area contributed by atoms with Gasteiger partial charge in [0.05, 0.1) is 0 Å². The van der Waals surface area contributed by atoms with Crippen LogP contribution in [0.1, 0.15) is 27.2 Å². The van der Waals surface area contributed by atoms with Crippen molar-refractivity contribution in [1.82, 2.24) is 0 Å². The Morgan fingerprint density at radius 2 is 1.33 bits per heavy atom. The number of nitrogens with one attached hydrogen (secondary N) is 1. The zero-order valence-electron chi connectivity index (χ0n) is 14.0. The van der Waals surface area contributed by atoms with E-state index in [0.717, 1.165) is 15.9 Å². The Morgan fingerprint density at radius 3 is 1.39 bits per heavy atom. The van der Waals surface area contributed by atoms with Gasteiger partial charge in [-0.25, -0.2) is 12.2 Å². The Balaban J connectivity index is -0.0000000182. The molecule has 1 rings (SSSR count). The van der Waals surface area contributed by atoms with Crippen LogP contribution in [0.25, 0.3) is 5.73 Å². The van der Waals surface area contributed by atoms with Gasteiger partial charge in [0.15, 0.2) is 0 Å². The van der Waals surface area contributed by atoms with Crippen LogP contribution in [0, 0.1) is 35.8 Å². The molecule has 113 valence electrons. The molecule has 3 heteroatoms. The molecule has 0 fully saturated rings. The van der Waals surface area contributed by atoms with Gasteiger partial charge < -0.3 is 35.4 Å². The summed E-state index contributed by atoms with van der Waals surface area (Å²) in [6.07, 6.45) is 10.0. The third-order valence-corrected chi connectivity index (χ3v) is 0.586. The van der Waals surface area contributed by atoms with Gasteiger partial charge in [0.1, 0.15) is 0 Å². The summed E-state index contributed by atoms with van der Waals surface area (Å²) >= 11 is 0. The SMILES string of the molecule is CC(C)(C)[NH-].C[SiH]C.[C-]1=CC=CC1.[CH3-].[CH3-].[CH3-].[CH3-].[Ti]. The monoisotopic (exact) mass is 304 g/mol. The standard InChI is InChI=1S/C5H5.C4H10N.C2H7Si.4CH3.Ti/c1-2-4-5-3-1;1-4(2,3)5;1-3-2;;;;;/h1-3H,4H2;5H,1-3H3;3H,1-2H3;4*1H3;/q2*-1;;4*-1;. The van der Waals surface area contributed by atoms with Gasteiger partial charge in [-0.3, -0.25) is 6.08 Å². The first-order valence-electron chi connectivity index (χ1n) is 4.62. The molecule has 0 saturated carbocycles. The fraction of sp³-hybridized carbons (Fsp3) is 0.467. The largest absolute Gasteiger partial charge is 0.673 e. The molecule has 1 N–H and O–H groups in total. The minimum Gasteiger partial charge on any atom is -0.673 e. The molecular weight excluding hydrogens is 270 g/mol. The van der Waals surface area contributed by atoms with Crippen LogP contribution in [-0.2, 0) is 21.7 Å². The Hall–Kier alpha value is 0.371. The van der Waals surface area contributed by atoms with Crippen molar-refractivity contribution >= 4 is 9.52 Å². The van der Waals surface area contributed by atoms with Gasteiger partial charge >= 0.3 is 0 Å². The van der Waals surface area contributed by atoms with Crippen LogP contribution in [0.5, 0.6) is 0 Å². The maximum absolute atomic E-state index is 6.94. The van der Waals surface area contributed by atoms with Crippen LogP contribution >= 0.6 is 0 Å². The summed E-state index contributed by atoms with van der Waals surface area (Å²) < 4.78 is 0. The zero-order chi connectivity index (χ0) is 10.7. The second-order valence-corrected chi connectivity index (χ2v) is 4.99. The van der Waals surface area contributed by atoms with Crippen LogP contribution in [0.4, 0.5) is 0 Å². The quantitative estimate of drug-likeness (QED) is 0.419. The number of hydrogen-bond acceptors (Lipinski definition) is 0. The van der Waals surface area contributed by atoms with E-state index in [1.807, 2.05) is 32.9 Å². The van der Waals surface area contributed by atoms with E-state index in [0.29, 0.717) is 0 Å². The van der Waals surface area contributed by atoms with Gasteiger partial charge in [-0.1, -0.05) is 33.9 Å². The Morgan fingerprint density at radius 1 is 1.06 bits per heavy atom. The topological polar surface area (TPSA) is 23.8 Å². The zero-order valence-corrected chi connectivity index (χ0v) is 16.7. The van der Waals surface area contributed by atoms with Gasteiger partial charge in [-0.2, -0.15) is 6.08 Å². The number of hydrogen-bond donors (Lipinski definition) is 0. The molecule has 0 atom stereocenters. The maximum atomic E-state index is 6.94. The first kappa shape index (κ1) is 42.9. The van der Waals surface area contributed by atoms with Crippen molar-refractivity contribution in [2.75, 3.05) is 0 Å². The summed E-state index contributed by atoms with van der Waals surface area (Å²) in [6.45, 7) is 9.98. The summed E-state index contributed by atoms with van der Waals surface area (Å²) in [5.74, 6) is 0. The first-order valence-corrected chi connectivity index (χ1v) is 6.93. The molecule has 0 saturated heterocycles. The molecule has 1 aliphatic rings. The average Bonchev–Trinajstić information content (AvgIpc) is 2.36. The van der Waals surface area contributed by atoms with Crippen LogP contribution in [0.15, 0.2) is 18.2 Å². The molecule has 1 nitrogen and oxygen atoms in total. The Kier molecular flexibility index (Phi) is 72.5. The van der Waals surface area contributed by atoms with Crippen molar-refractivity contribution in [3.05, 3.63) is 59.7 Å². The van der Waals surface area contributed by atoms with Crippen LogP contribution < -0.4 is 0 Å². The summed E-state index contributed by atoms with van der Waals surface area (Å²) in [5, 5.41) is 0. The van der Waals surface area contributed by atoms with Crippen molar-refractivity contribution in [3.8, 4) is 0 Å². The summed E-state index contributed by atoms with van der Waals surface area (Å²) in [7, 11) is 0.750. The van der Waals surface area contributed by atoms with E-state index in [9.17, 15) is 0 Å². The first-order chi connectivity index (χ1) is 5.91. The van der Waals surface area contributed by atoms with Crippen molar-refractivity contribution in [1.29, 1.82) is 0 Å². The molecule has 0 spiro atoms. The van der Waals surface area contributed by atoms with Crippen LogP contribution in [0.3, 0.4) is 0 Å². The molecular formula is C15H34NSiTi-6. The van der Waals surface area contributed by atoms with Gasteiger partial charge in [0.2, 0.25) is 0 Å². The van der Waals surface area contributed by atoms with Gasteiger partial charge in [0, 0.05) is 31.2 Å². The smallest absolute Gasteiger partial charge is 0.0213 e. The molecule has 0 aromatic rings. The number of allylic oxidation sites excluding steroid dienone is 4. The Bertz CT molecular complexity index is 133. The second-order valence-electron chi connectivity index (χ2n) is 3.83. The van der Waals surface area contributed by atoms with E-state index in [1.165, 1.54) is 0 Å². The van der Waals surface area contributed by atoms with E-state index < -0.39 is 0 Å². The van der Waals surface area contributed by atoms with E-state index in [-0.39, 0.29) is 57.0 Å². The summed E-state index contributed by atoms with van der Waals surface area (Å²) in [4.78, 5) is 0. The maximum Gasteiger partial charge on any atom is 0.0213 e. The van der Waals surface area contributed by atoms with E-state index in [4.69, 9.17) is 5.73 Å². The fourth-order valence-corrected chi connectivity index (χ4v) is 0.340. The second kappa shape index (κ2) is 30.4.